The van der Waals surface area contributed by atoms with Crippen LogP contribution in [-0.2, 0) is 0 Å². The molecule has 0 atom stereocenters. The molecule has 0 N–H and O–H groups in total. The molecule has 1 saturated heterocycles. The van der Waals surface area contributed by atoms with Crippen LogP contribution < -0.4 is 0 Å². The van der Waals surface area contributed by atoms with Crippen LogP contribution in [0.15, 0.2) is 9.72 Å². The summed E-state index contributed by atoms with van der Waals surface area (Å²) in [6.45, 7) is 6.79. The lowest BCUT2D eigenvalue weighted by molar-refractivity contribution is 0.0307. The fraction of sp³-hybridized carbons (Fsp3) is 0.667. The summed E-state index contributed by atoms with van der Waals surface area (Å²) in [5.74, 6) is 0.0627. The third kappa shape index (κ3) is 2.70. The third-order valence-corrected chi connectivity index (χ3v) is 5.34. The summed E-state index contributed by atoms with van der Waals surface area (Å²) in [6.07, 6.45) is 1.98. The Hall–Kier alpha value is -0.590. The minimum atomic E-state index is 0.0340. The lowest BCUT2D eigenvalue weighted by Crippen LogP contribution is -2.58. The lowest BCUT2D eigenvalue weighted by Gasteiger charge is -2.45. The molecule has 0 aromatic carbocycles. The van der Waals surface area contributed by atoms with Gasteiger partial charge in [0.1, 0.15) is 10.0 Å². The number of carbonyl (C=O) groups excluding carboxylic acids is 1. The van der Waals surface area contributed by atoms with Crippen molar-refractivity contribution < 1.29 is 4.79 Å². The predicted molar refractivity (Wildman–Crippen MR) is 76.5 cm³/mol. The first kappa shape index (κ1) is 13.8. The summed E-state index contributed by atoms with van der Waals surface area (Å²) >= 11 is 3.12. The van der Waals surface area contributed by atoms with Crippen LogP contribution in [0.2, 0.25) is 0 Å². The van der Waals surface area contributed by atoms with Gasteiger partial charge in [-0.05, 0) is 27.2 Å². The smallest absolute Gasteiger partial charge is 0.273 e. The Morgan fingerprint density at radius 3 is 2.78 bits per heavy atom. The largest absolute Gasteiger partial charge is 0.334 e. The summed E-state index contributed by atoms with van der Waals surface area (Å²) in [5.41, 5.74) is 0.622. The number of thioether (sulfide) groups is 1. The molecular formula is C12H19N3OS2. The fourth-order valence-corrected chi connectivity index (χ4v) is 3.26. The summed E-state index contributed by atoms with van der Waals surface area (Å²) in [5, 5.41) is 1.86. The normalized spacial score (nSPS) is 20.1. The number of hydrogen-bond acceptors (Lipinski definition) is 5. The van der Waals surface area contributed by atoms with Crippen molar-refractivity contribution in [1.29, 1.82) is 0 Å². The number of thiazole rings is 1. The molecule has 1 aliphatic rings. The Kier molecular flexibility index (Phi) is 3.99. The maximum atomic E-state index is 12.4. The van der Waals surface area contributed by atoms with Gasteiger partial charge in [0.15, 0.2) is 0 Å². The molecule has 1 amide bonds. The minimum absolute atomic E-state index is 0.0340. The molecule has 0 bridgehead atoms. The zero-order chi connectivity index (χ0) is 13.3. The van der Waals surface area contributed by atoms with Crippen LogP contribution in [0.5, 0.6) is 0 Å². The summed E-state index contributed by atoms with van der Waals surface area (Å²) < 4.78 is 0.951. The maximum absolute atomic E-state index is 12.4. The second-order valence-corrected chi connectivity index (χ2v) is 7.07. The van der Waals surface area contributed by atoms with E-state index in [4.69, 9.17) is 0 Å². The van der Waals surface area contributed by atoms with Gasteiger partial charge in [0.25, 0.3) is 5.91 Å². The average Bonchev–Trinajstić information content (AvgIpc) is 2.80. The van der Waals surface area contributed by atoms with Crippen LogP contribution >= 0.6 is 23.1 Å². The first-order valence-corrected chi connectivity index (χ1v) is 8.04. The standard InChI is InChI=1S/C12H19N3OS2/c1-12(2)8-15(6-5-14(12)3)10(16)9-7-18-11(13-9)17-4/h7H,5-6,8H2,1-4H3. The Balaban J connectivity index is 2.10. The minimum Gasteiger partial charge on any atom is -0.334 e. The lowest BCUT2D eigenvalue weighted by atomic mass is 9.99. The molecule has 100 valence electrons. The molecule has 1 aliphatic heterocycles. The van der Waals surface area contributed by atoms with E-state index < -0.39 is 0 Å². The Bertz CT molecular complexity index is 444. The molecule has 0 aliphatic carbocycles. The third-order valence-electron chi connectivity index (χ3n) is 3.48. The number of rotatable bonds is 2. The van der Waals surface area contributed by atoms with E-state index in [2.05, 4.69) is 30.8 Å². The molecule has 0 saturated carbocycles. The van der Waals surface area contributed by atoms with Gasteiger partial charge in [-0.3, -0.25) is 9.69 Å². The van der Waals surface area contributed by atoms with Crippen LogP contribution in [0, 0.1) is 0 Å². The molecular weight excluding hydrogens is 266 g/mol. The number of nitrogens with zero attached hydrogens (tertiary/aromatic N) is 3. The summed E-state index contributed by atoms with van der Waals surface area (Å²) in [7, 11) is 2.11. The molecule has 1 aromatic heterocycles. The maximum Gasteiger partial charge on any atom is 0.273 e. The highest BCUT2D eigenvalue weighted by molar-refractivity contribution is 8.00. The van der Waals surface area contributed by atoms with Gasteiger partial charge < -0.3 is 4.90 Å². The van der Waals surface area contributed by atoms with Crippen molar-refractivity contribution in [2.75, 3.05) is 32.9 Å². The monoisotopic (exact) mass is 285 g/mol. The van der Waals surface area contributed by atoms with Crippen molar-refractivity contribution in [1.82, 2.24) is 14.8 Å². The number of aromatic nitrogens is 1. The van der Waals surface area contributed by atoms with Crippen LogP contribution in [0.25, 0.3) is 0 Å². The van der Waals surface area contributed by atoms with E-state index in [1.165, 1.54) is 11.3 Å². The molecule has 2 rings (SSSR count). The van der Waals surface area contributed by atoms with Gasteiger partial charge in [-0.2, -0.15) is 0 Å². The van der Waals surface area contributed by atoms with Crippen molar-refractivity contribution in [3.8, 4) is 0 Å². The molecule has 1 aromatic rings. The number of carbonyl (C=O) groups is 1. The number of hydrogen-bond donors (Lipinski definition) is 0. The van der Waals surface area contributed by atoms with E-state index in [1.807, 2.05) is 16.5 Å². The molecule has 18 heavy (non-hydrogen) atoms. The van der Waals surface area contributed by atoms with E-state index in [0.29, 0.717) is 5.69 Å². The molecule has 0 unspecified atom stereocenters. The molecule has 0 spiro atoms. The van der Waals surface area contributed by atoms with Crippen LogP contribution in [0.4, 0.5) is 0 Å². The van der Waals surface area contributed by atoms with E-state index >= 15 is 0 Å². The number of likely N-dealkylation sites (N-methyl/N-ethyl adjacent to an activating group) is 1. The van der Waals surface area contributed by atoms with Gasteiger partial charge in [-0.25, -0.2) is 4.98 Å². The second kappa shape index (κ2) is 5.19. The van der Waals surface area contributed by atoms with Gasteiger partial charge in [-0.15, -0.1) is 11.3 Å². The van der Waals surface area contributed by atoms with Crippen molar-refractivity contribution in [2.45, 2.75) is 23.7 Å². The van der Waals surface area contributed by atoms with Gasteiger partial charge in [0, 0.05) is 30.6 Å². The highest BCUT2D eigenvalue weighted by Crippen LogP contribution is 2.23. The van der Waals surface area contributed by atoms with Crippen molar-refractivity contribution in [2.24, 2.45) is 0 Å². The van der Waals surface area contributed by atoms with Crippen molar-refractivity contribution in [3.63, 3.8) is 0 Å². The molecule has 4 nitrogen and oxygen atoms in total. The van der Waals surface area contributed by atoms with Gasteiger partial charge >= 0.3 is 0 Å². The fourth-order valence-electron chi connectivity index (χ4n) is 2.02. The SMILES string of the molecule is CSc1nc(C(=O)N2CCN(C)C(C)(C)C2)cs1. The van der Waals surface area contributed by atoms with Crippen molar-refractivity contribution >= 4 is 29.0 Å². The van der Waals surface area contributed by atoms with Gasteiger partial charge in [-0.1, -0.05) is 11.8 Å². The molecule has 2 heterocycles. The first-order chi connectivity index (χ1) is 8.44. The number of amides is 1. The topological polar surface area (TPSA) is 36.4 Å². The molecule has 1 fully saturated rings. The predicted octanol–water partition coefficient (Wildman–Crippen LogP) is 2.03. The van der Waals surface area contributed by atoms with Crippen LogP contribution in [0.1, 0.15) is 24.3 Å². The van der Waals surface area contributed by atoms with Crippen LogP contribution in [0.3, 0.4) is 0 Å². The zero-order valence-corrected chi connectivity index (χ0v) is 12.9. The zero-order valence-electron chi connectivity index (χ0n) is 11.3. The first-order valence-electron chi connectivity index (χ1n) is 5.94. The molecule has 0 radical (unpaired) electrons. The summed E-state index contributed by atoms with van der Waals surface area (Å²) in [6, 6.07) is 0. The van der Waals surface area contributed by atoms with Gasteiger partial charge in [0.2, 0.25) is 0 Å². The molecule has 6 heteroatoms. The quantitative estimate of drug-likeness (QED) is 0.779. The van der Waals surface area contributed by atoms with Crippen LogP contribution in [-0.4, -0.2) is 59.2 Å². The second-order valence-electron chi connectivity index (χ2n) is 5.16. The average molecular weight is 285 g/mol. The van der Waals surface area contributed by atoms with E-state index in [-0.39, 0.29) is 11.4 Å². The highest BCUT2D eigenvalue weighted by atomic mass is 32.2. The summed E-state index contributed by atoms with van der Waals surface area (Å²) in [4.78, 5) is 20.9. The van der Waals surface area contributed by atoms with Gasteiger partial charge in [0.05, 0.1) is 0 Å². The Morgan fingerprint density at radius 1 is 1.50 bits per heavy atom. The Labute approximate surface area is 116 Å². The Morgan fingerprint density at radius 2 is 2.22 bits per heavy atom. The number of piperazine rings is 1. The van der Waals surface area contributed by atoms with E-state index in [9.17, 15) is 4.79 Å². The van der Waals surface area contributed by atoms with Crippen molar-refractivity contribution in [3.05, 3.63) is 11.1 Å². The van der Waals surface area contributed by atoms with E-state index in [0.717, 1.165) is 24.0 Å². The van der Waals surface area contributed by atoms with E-state index in [1.54, 1.807) is 11.8 Å². The highest BCUT2D eigenvalue weighted by Gasteiger charge is 2.34.